The number of nitrogens with one attached hydrogen (secondary N) is 2. The number of carbonyl (C=O) groups is 2. The number of aryl methyl sites for hydroxylation is 2. The lowest BCUT2D eigenvalue weighted by atomic mass is 10.0. The molecule has 0 aliphatic rings. The zero-order chi connectivity index (χ0) is 20.0. The van der Waals surface area contributed by atoms with Crippen molar-refractivity contribution in [3.63, 3.8) is 0 Å². The molecule has 0 saturated carbocycles. The molecular formula is C19H22N2O5S. The van der Waals surface area contributed by atoms with E-state index in [1.165, 1.54) is 24.3 Å². The van der Waals surface area contributed by atoms with Gasteiger partial charge in [0, 0.05) is 5.69 Å². The van der Waals surface area contributed by atoms with Crippen molar-refractivity contribution in [3.8, 4) is 0 Å². The predicted molar refractivity (Wildman–Crippen MR) is 103 cm³/mol. The van der Waals surface area contributed by atoms with Crippen molar-refractivity contribution in [2.75, 3.05) is 5.32 Å². The first-order valence-electron chi connectivity index (χ1n) is 8.49. The molecule has 144 valence electrons. The van der Waals surface area contributed by atoms with Gasteiger partial charge < -0.3 is 10.4 Å². The molecule has 0 aliphatic carbocycles. The highest BCUT2D eigenvalue weighted by Crippen LogP contribution is 2.19. The number of unbranched alkanes of at least 4 members (excludes halogenated alkanes) is 1. The van der Waals surface area contributed by atoms with E-state index in [1.54, 1.807) is 18.2 Å². The average Bonchev–Trinajstić information content (AvgIpc) is 2.59. The highest BCUT2D eigenvalue weighted by Gasteiger charge is 2.18. The van der Waals surface area contributed by atoms with Crippen LogP contribution >= 0.6 is 0 Å². The summed E-state index contributed by atoms with van der Waals surface area (Å²) in [6.07, 6.45) is 2.25. The summed E-state index contributed by atoms with van der Waals surface area (Å²) in [5.41, 5.74) is 1.98. The predicted octanol–water partition coefficient (Wildman–Crippen LogP) is 3.55. The zero-order valence-corrected chi connectivity index (χ0v) is 16.0. The first kappa shape index (κ1) is 20.4. The Hall–Kier alpha value is -2.87. The van der Waals surface area contributed by atoms with Crippen molar-refractivity contribution in [3.05, 3.63) is 59.2 Å². The molecule has 2 aromatic rings. The molecule has 7 nitrogen and oxygen atoms in total. The summed E-state index contributed by atoms with van der Waals surface area (Å²) in [7, 11) is -4.00. The number of amides is 2. The normalized spacial score (nSPS) is 11.0. The molecule has 0 aliphatic heterocycles. The molecule has 2 aromatic carbocycles. The Morgan fingerprint density at radius 3 is 2.33 bits per heavy atom. The maximum atomic E-state index is 12.2. The second kappa shape index (κ2) is 8.68. The van der Waals surface area contributed by atoms with Crippen LogP contribution in [0.1, 0.15) is 41.3 Å². The van der Waals surface area contributed by atoms with Crippen LogP contribution in [0.4, 0.5) is 10.5 Å². The lowest BCUT2D eigenvalue weighted by Gasteiger charge is -2.11. The van der Waals surface area contributed by atoms with Gasteiger partial charge >= 0.3 is 12.0 Å². The highest BCUT2D eigenvalue weighted by atomic mass is 32.2. The molecule has 0 radical (unpaired) electrons. The fourth-order valence-corrected chi connectivity index (χ4v) is 3.42. The van der Waals surface area contributed by atoms with E-state index in [4.69, 9.17) is 0 Å². The Balaban J connectivity index is 2.15. The summed E-state index contributed by atoms with van der Waals surface area (Å²) in [5, 5.41) is 11.7. The molecule has 0 bridgehead atoms. The number of sulfonamides is 1. The summed E-state index contributed by atoms with van der Waals surface area (Å²) in [4.78, 5) is 23.4. The van der Waals surface area contributed by atoms with Gasteiger partial charge in [0.2, 0.25) is 0 Å². The maximum absolute atomic E-state index is 12.2. The van der Waals surface area contributed by atoms with Gasteiger partial charge in [-0.15, -0.1) is 0 Å². The molecular weight excluding hydrogens is 368 g/mol. The fourth-order valence-electron chi connectivity index (χ4n) is 2.51. The van der Waals surface area contributed by atoms with Crippen LogP contribution in [-0.4, -0.2) is 25.5 Å². The SMILES string of the molecule is CCCCc1cc(NC(=O)NS(=O)(=O)c2ccc(C)cc2)ccc1C(=O)O. The third kappa shape index (κ3) is 5.55. The zero-order valence-electron chi connectivity index (χ0n) is 15.2. The van der Waals surface area contributed by atoms with E-state index in [1.807, 2.05) is 18.6 Å². The lowest BCUT2D eigenvalue weighted by Crippen LogP contribution is -2.34. The third-order valence-corrected chi connectivity index (χ3v) is 5.30. The molecule has 0 heterocycles. The van der Waals surface area contributed by atoms with E-state index in [2.05, 4.69) is 5.32 Å². The second-order valence-corrected chi connectivity index (χ2v) is 7.84. The quantitative estimate of drug-likeness (QED) is 0.669. The van der Waals surface area contributed by atoms with Crippen molar-refractivity contribution in [1.82, 2.24) is 4.72 Å². The average molecular weight is 390 g/mol. The van der Waals surface area contributed by atoms with Gasteiger partial charge in [-0.25, -0.2) is 22.7 Å². The first-order valence-corrected chi connectivity index (χ1v) is 9.98. The van der Waals surface area contributed by atoms with E-state index in [0.717, 1.165) is 18.4 Å². The van der Waals surface area contributed by atoms with Gasteiger partial charge in [-0.05, 0) is 55.7 Å². The largest absolute Gasteiger partial charge is 0.478 e. The number of carbonyl (C=O) groups excluding carboxylic acids is 1. The molecule has 0 fully saturated rings. The van der Waals surface area contributed by atoms with Crippen molar-refractivity contribution in [2.24, 2.45) is 0 Å². The molecule has 3 N–H and O–H groups in total. The Morgan fingerprint density at radius 2 is 1.74 bits per heavy atom. The summed E-state index contributed by atoms with van der Waals surface area (Å²) in [6.45, 7) is 3.82. The van der Waals surface area contributed by atoms with Gasteiger partial charge in [0.1, 0.15) is 0 Å². The van der Waals surface area contributed by atoms with E-state index >= 15 is 0 Å². The van der Waals surface area contributed by atoms with Crippen LogP contribution in [-0.2, 0) is 16.4 Å². The smallest absolute Gasteiger partial charge is 0.335 e. The van der Waals surface area contributed by atoms with Gasteiger partial charge in [-0.1, -0.05) is 31.0 Å². The van der Waals surface area contributed by atoms with E-state index < -0.39 is 22.0 Å². The van der Waals surface area contributed by atoms with Crippen LogP contribution in [0.3, 0.4) is 0 Å². The number of urea groups is 1. The number of hydrogen-bond donors (Lipinski definition) is 3. The van der Waals surface area contributed by atoms with Gasteiger partial charge in [0.05, 0.1) is 10.5 Å². The number of benzene rings is 2. The Morgan fingerprint density at radius 1 is 1.07 bits per heavy atom. The Labute approximate surface area is 158 Å². The van der Waals surface area contributed by atoms with Crippen LogP contribution in [0.25, 0.3) is 0 Å². The molecule has 0 unspecified atom stereocenters. The number of anilines is 1. The standard InChI is InChI=1S/C19H22N2O5S/c1-3-4-5-14-12-15(8-11-17(14)18(22)23)20-19(24)21-27(25,26)16-9-6-13(2)7-10-16/h6-12H,3-5H2,1-2H3,(H,22,23)(H2,20,21,24). The summed E-state index contributed by atoms with van der Waals surface area (Å²) >= 11 is 0. The van der Waals surface area contributed by atoms with Gasteiger partial charge in [0.25, 0.3) is 10.0 Å². The summed E-state index contributed by atoms with van der Waals surface area (Å²) in [6, 6.07) is 9.56. The van der Waals surface area contributed by atoms with Crippen molar-refractivity contribution in [2.45, 2.75) is 38.0 Å². The molecule has 8 heteroatoms. The topological polar surface area (TPSA) is 113 Å². The van der Waals surface area contributed by atoms with Gasteiger partial charge in [0.15, 0.2) is 0 Å². The molecule has 0 atom stereocenters. The number of rotatable bonds is 7. The first-order chi connectivity index (χ1) is 12.7. The van der Waals surface area contributed by atoms with Crippen molar-refractivity contribution >= 4 is 27.7 Å². The molecule has 0 aromatic heterocycles. The van der Waals surface area contributed by atoms with Crippen LogP contribution in [0.15, 0.2) is 47.4 Å². The number of carboxylic acids is 1. The number of aromatic carboxylic acids is 1. The van der Waals surface area contributed by atoms with Crippen LogP contribution in [0.2, 0.25) is 0 Å². The number of carboxylic acid groups (broad SMARTS) is 1. The molecule has 2 amide bonds. The van der Waals surface area contributed by atoms with Gasteiger partial charge in [-0.3, -0.25) is 0 Å². The molecule has 27 heavy (non-hydrogen) atoms. The molecule has 0 spiro atoms. The second-order valence-electron chi connectivity index (χ2n) is 6.15. The monoisotopic (exact) mass is 390 g/mol. The van der Waals surface area contributed by atoms with E-state index in [-0.39, 0.29) is 10.5 Å². The van der Waals surface area contributed by atoms with E-state index in [0.29, 0.717) is 17.7 Å². The van der Waals surface area contributed by atoms with Crippen LogP contribution in [0, 0.1) is 6.92 Å². The highest BCUT2D eigenvalue weighted by molar-refractivity contribution is 7.90. The lowest BCUT2D eigenvalue weighted by molar-refractivity contribution is 0.0695. The third-order valence-electron chi connectivity index (χ3n) is 3.95. The Bertz CT molecular complexity index is 937. The van der Waals surface area contributed by atoms with Crippen LogP contribution < -0.4 is 10.0 Å². The minimum atomic E-state index is -4.00. The van der Waals surface area contributed by atoms with E-state index in [9.17, 15) is 23.1 Å². The van der Waals surface area contributed by atoms with Crippen LogP contribution in [0.5, 0.6) is 0 Å². The molecule has 2 rings (SSSR count). The molecule has 0 saturated heterocycles. The fraction of sp³-hybridized carbons (Fsp3) is 0.263. The minimum Gasteiger partial charge on any atom is -0.478 e. The number of hydrogen-bond acceptors (Lipinski definition) is 4. The summed E-state index contributed by atoms with van der Waals surface area (Å²) < 4.78 is 26.4. The Kier molecular flexibility index (Phi) is 6.57. The van der Waals surface area contributed by atoms with Gasteiger partial charge in [-0.2, -0.15) is 0 Å². The summed E-state index contributed by atoms with van der Waals surface area (Å²) in [5.74, 6) is -1.04. The maximum Gasteiger partial charge on any atom is 0.335 e. The van der Waals surface area contributed by atoms with Crippen molar-refractivity contribution < 1.29 is 23.1 Å². The van der Waals surface area contributed by atoms with Crippen molar-refractivity contribution in [1.29, 1.82) is 0 Å². The minimum absolute atomic E-state index is 0.0203.